The summed E-state index contributed by atoms with van der Waals surface area (Å²) in [5, 5.41) is 14.1. The third-order valence-corrected chi connectivity index (χ3v) is 2.34. The second kappa shape index (κ2) is 6.80. The topological polar surface area (TPSA) is 67.6 Å². The van der Waals surface area contributed by atoms with E-state index in [0.29, 0.717) is 31.1 Å². The average molecular weight is 253 g/mol. The van der Waals surface area contributed by atoms with Crippen molar-refractivity contribution in [2.75, 3.05) is 39.1 Å². The van der Waals surface area contributed by atoms with Crippen molar-refractivity contribution in [1.82, 2.24) is 4.90 Å². The normalized spacial score (nSPS) is 10.4. The Labute approximate surface area is 107 Å². The second-order valence-corrected chi connectivity index (χ2v) is 4.09. The first-order chi connectivity index (χ1) is 8.56. The molecule has 0 atom stereocenters. The summed E-state index contributed by atoms with van der Waals surface area (Å²) in [4.78, 5) is 12.6. The lowest BCUT2D eigenvalue weighted by atomic mass is 10.2. The van der Waals surface area contributed by atoms with Crippen LogP contribution in [-0.4, -0.2) is 43.6 Å². The lowest BCUT2D eigenvalue weighted by molar-refractivity contribution is -0.385. The number of nitro benzene ring substituents is 1. The lowest BCUT2D eigenvalue weighted by Gasteiger charge is -2.12. The van der Waals surface area contributed by atoms with Crippen LogP contribution < -0.4 is 10.1 Å². The molecule has 1 N–H and O–H groups in total. The Kier molecular flexibility index (Phi) is 5.38. The first-order valence-corrected chi connectivity index (χ1v) is 5.85. The van der Waals surface area contributed by atoms with Crippen LogP contribution in [0.4, 0.5) is 11.4 Å². The highest BCUT2D eigenvalue weighted by atomic mass is 16.6. The number of ether oxygens (including phenoxy) is 1. The van der Waals surface area contributed by atoms with Crippen LogP contribution in [-0.2, 0) is 0 Å². The zero-order chi connectivity index (χ0) is 13.5. The molecule has 1 aromatic rings. The maximum Gasteiger partial charge on any atom is 0.333 e. The third kappa shape index (κ3) is 3.89. The number of benzene rings is 1. The number of nitrogens with zero attached hydrogens (tertiary/aromatic N) is 2. The molecule has 1 rings (SSSR count). The van der Waals surface area contributed by atoms with Gasteiger partial charge >= 0.3 is 5.69 Å². The Balaban J connectivity index is 2.88. The molecular weight excluding hydrogens is 234 g/mol. The molecule has 0 radical (unpaired) electrons. The van der Waals surface area contributed by atoms with E-state index in [9.17, 15) is 10.1 Å². The molecular formula is C12H19N3O3. The Hall–Kier alpha value is -1.82. The van der Waals surface area contributed by atoms with Gasteiger partial charge in [0.2, 0.25) is 0 Å². The van der Waals surface area contributed by atoms with Crippen LogP contribution >= 0.6 is 0 Å². The van der Waals surface area contributed by atoms with Crippen molar-refractivity contribution >= 4 is 11.4 Å². The Bertz CT molecular complexity index is 408. The number of rotatable bonds is 7. The van der Waals surface area contributed by atoms with Crippen molar-refractivity contribution in [3.63, 3.8) is 0 Å². The molecule has 100 valence electrons. The molecule has 1 aromatic carbocycles. The molecule has 6 nitrogen and oxygen atoms in total. The van der Waals surface area contributed by atoms with Gasteiger partial charge < -0.3 is 15.0 Å². The minimum atomic E-state index is -0.414. The molecule has 0 aliphatic heterocycles. The fraction of sp³-hybridized carbons (Fsp3) is 0.500. The van der Waals surface area contributed by atoms with Crippen LogP contribution in [0.25, 0.3) is 0 Å². The molecule has 18 heavy (non-hydrogen) atoms. The predicted octanol–water partition coefficient (Wildman–Crippen LogP) is 1.97. The predicted molar refractivity (Wildman–Crippen MR) is 71.3 cm³/mol. The molecule has 6 heteroatoms. The van der Waals surface area contributed by atoms with Crippen LogP contribution in [0.3, 0.4) is 0 Å². The number of hydrogen-bond acceptors (Lipinski definition) is 5. The molecule has 0 heterocycles. The highest BCUT2D eigenvalue weighted by Gasteiger charge is 2.20. The molecule has 0 aromatic heterocycles. The van der Waals surface area contributed by atoms with Crippen molar-refractivity contribution in [1.29, 1.82) is 0 Å². The number of hydrogen-bond donors (Lipinski definition) is 1. The maximum absolute atomic E-state index is 11.1. The van der Waals surface area contributed by atoms with Gasteiger partial charge in [-0.3, -0.25) is 10.1 Å². The van der Waals surface area contributed by atoms with E-state index in [1.165, 1.54) is 0 Å². The summed E-state index contributed by atoms with van der Waals surface area (Å²) in [6, 6.07) is 5.05. The minimum Gasteiger partial charge on any atom is -0.485 e. The van der Waals surface area contributed by atoms with Gasteiger partial charge in [0.25, 0.3) is 0 Å². The van der Waals surface area contributed by atoms with E-state index in [0.717, 1.165) is 0 Å². The molecule has 0 aliphatic carbocycles. The molecule has 0 bridgehead atoms. The molecule has 0 spiro atoms. The van der Waals surface area contributed by atoms with Crippen molar-refractivity contribution in [2.45, 2.75) is 6.92 Å². The smallest absolute Gasteiger partial charge is 0.333 e. The van der Waals surface area contributed by atoms with Gasteiger partial charge in [-0.15, -0.1) is 0 Å². The van der Waals surface area contributed by atoms with Crippen molar-refractivity contribution in [3.8, 4) is 5.75 Å². The standard InChI is InChI=1S/C12H19N3O3/c1-4-13-10-6-5-7-11(12(10)15(16)17)18-9-8-14(2)3/h5-7,13H,4,8-9H2,1-3H3. The lowest BCUT2D eigenvalue weighted by Crippen LogP contribution is -2.19. The molecule has 0 amide bonds. The first-order valence-electron chi connectivity index (χ1n) is 5.85. The van der Waals surface area contributed by atoms with Crippen molar-refractivity contribution in [3.05, 3.63) is 28.3 Å². The highest BCUT2D eigenvalue weighted by molar-refractivity contribution is 5.68. The number of para-hydroxylation sites is 1. The molecule has 0 saturated heterocycles. The van der Waals surface area contributed by atoms with Crippen molar-refractivity contribution in [2.24, 2.45) is 0 Å². The van der Waals surface area contributed by atoms with E-state index in [1.807, 2.05) is 25.9 Å². The zero-order valence-electron chi connectivity index (χ0n) is 11.0. The fourth-order valence-corrected chi connectivity index (χ4v) is 1.50. The maximum atomic E-state index is 11.1. The Morgan fingerprint density at radius 3 is 2.72 bits per heavy atom. The van der Waals surface area contributed by atoms with Gasteiger partial charge in [-0.1, -0.05) is 6.07 Å². The Morgan fingerprint density at radius 2 is 2.17 bits per heavy atom. The summed E-state index contributed by atoms with van der Waals surface area (Å²) in [7, 11) is 3.85. The Morgan fingerprint density at radius 1 is 1.44 bits per heavy atom. The summed E-state index contributed by atoms with van der Waals surface area (Å²) >= 11 is 0. The number of anilines is 1. The summed E-state index contributed by atoms with van der Waals surface area (Å²) < 4.78 is 5.47. The fourth-order valence-electron chi connectivity index (χ4n) is 1.50. The van der Waals surface area contributed by atoms with E-state index < -0.39 is 4.92 Å². The molecule has 0 unspecified atom stereocenters. The van der Waals surface area contributed by atoms with Gasteiger partial charge in [-0.05, 0) is 33.2 Å². The molecule has 0 saturated carbocycles. The van der Waals surface area contributed by atoms with Crippen molar-refractivity contribution < 1.29 is 9.66 Å². The summed E-state index contributed by atoms with van der Waals surface area (Å²) in [5.41, 5.74) is 0.489. The summed E-state index contributed by atoms with van der Waals surface area (Å²) in [6.45, 7) is 3.65. The van der Waals surface area contributed by atoms with Crippen LogP contribution in [0.2, 0.25) is 0 Å². The zero-order valence-corrected chi connectivity index (χ0v) is 11.0. The van der Waals surface area contributed by atoms with Gasteiger partial charge in [0.1, 0.15) is 12.3 Å². The van der Waals surface area contributed by atoms with E-state index in [2.05, 4.69) is 5.32 Å². The summed E-state index contributed by atoms with van der Waals surface area (Å²) in [5.74, 6) is 0.306. The quantitative estimate of drug-likeness (QED) is 0.594. The van der Waals surface area contributed by atoms with Crippen LogP contribution in [0.15, 0.2) is 18.2 Å². The van der Waals surface area contributed by atoms with Crippen LogP contribution in [0.1, 0.15) is 6.92 Å². The van der Waals surface area contributed by atoms with E-state index in [1.54, 1.807) is 18.2 Å². The minimum absolute atomic E-state index is 0.00175. The average Bonchev–Trinajstić information content (AvgIpc) is 2.28. The SMILES string of the molecule is CCNc1cccc(OCCN(C)C)c1[N+](=O)[O-]. The number of nitrogens with one attached hydrogen (secondary N) is 1. The first kappa shape index (κ1) is 14.2. The number of nitro groups is 1. The van der Waals surface area contributed by atoms with Gasteiger partial charge in [-0.2, -0.15) is 0 Å². The third-order valence-electron chi connectivity index (χ3n) is 2.34. The number of likely N-dealkylation sites (N-methyl/N-ethyl adjacent to an activating group) is 1. The van der Waals surface area contributed by atoms with Crippen LogP contribution in [0, 0.1) is 10.1 Å². The van der Waals surface area contributed by atoms with Gasteiger partial charge in [0, 0.05) is 13.1 Å². The molecule has 0 fully saturated rings. The van der Waals surface area contributed by atoms with Crippen LogP contribution in [0.5, 0.6) is 5.75 Å². The van der Waals surface area contributed by atoms with E-state index >= 15 is 0 Å². The van der Waals surface area contributed by atoms with Gasteiger partial charge in [0.05, 0.1) is 4.92 Å². The monoisotopic (exact) mass is 253 g/mol. The molecule has 0 aliphatic rings. The van der Waals surface area contributed by atoms with Gasteiger partial charge in [0.15, 0.2) is 5.75 Å². The largest absolute Gasteiger partial charge is 0.485 e. The van der Waals surface area contributed by atoms with E-state index in [-0.39, 0.29) is 5.69 Å². The highest BCUT2D eigenvalue weighted by Crippen LogP contribution is 2.34. The summed E-state index contributed by atoms with van der Waals surface area (Å²) in [6.07, 6.45) is 0. The van der Waals surface area contributed by atoms with Gasteiger partial charge in [-0.25, -0.2) is 0 Å². The second-order valence-electron chi connectivity index (χ2n) is 4.09. The van der Waals surface area contributed by atoms with E-state index in [4.69, 9.17) is 4.74 Å².